The van der Waals surface area contributed by atoms with E-state index in [9.17, 15) is 18.0 Å². The number of nitrogens with two attached hydrogens (primary N) is 1. The van der Waals surface area contributed by atoms with Crippen LogP contribution in [0.15, 0.2) is 58.9 Å². The van der Waals surface area contributed by atoms with E-state index in [-0.39, 0.29) is 29.1 Å². The summed E-state index contributed by atoms with van der Waals surface area (Å²) in [6, 6.07) is 6.46. The van der Waals surface area contributed by atoms with Gasteiger partial charge < -0.3 is 15.6 Å². The molecule has 1 aliphatic heterocycles. The Balaban J connectivity index is 1.69. The number of carbonyl (C=O) groups is 1. The molecule has 0 radical (unpaired) electrons. The number of hydrogen-bond acceptors (Lipinski definition) is 3. The van der Waals surface area contributed by atoms with E-state index in [4.69, 9.17) is 23.8 Å². The Hall–Kier alpha value is -3.96. The maximum absolute atomic E-state index is 14.6. The molecule has 3 aromatic rings. The van der Waals surface area contributed by atoms with Gasteiger partial charge in [-0.05, 0) is 43.7 Å². The number of nitrogens with zero attached hydrogens (tertiary/aromatic N) is 2. The topological polar surface area (TPSA) is 74.5 Å². The quantitative estimate of drug-likeness (QED) is 0.369. The fraction of sp³-hybridized carbons (Fsp3) is 0.185. The molecule has 1 aliphatic rings. The average molecular weight is 511 g/mol. The molecular formula is C27H22ClF3N4O. The van der Waals surface area contributed by atoms with E-state index in [1.54, 1.807) is 19.2 Å². The number of aromatic amines is 1. The van der Waals surface area contributed by atoms with Gasteiger partial charge in [-0.2, -0.15) is 0 Å². The van der Waals surface area contributed by atoms with Crippen LogP contribution in [0.2, 0.25) is 5.02 Å². The van der Waals surface area contributed by atoms with Gasteiger partial charge in [-0.25, -0.2) is 13.2 Å². The van der Waals surface area contributed by atoms with Crippen LogP contribution >= 0.6 is 11.6 Å². The van der Waals surface area contributed by atoms with E-state index in [0.717, 1.165) is 12.1 Å². The lowest BCUT2D eigenvalue weighted by molar-refractivity contribution is 0.0706. The van der Waals surface area contributed by atoms with Gasteiger partial charge in [0.1, 0.15) is 17.5 Å². The SMILES string of the molecule is C#Cc1cc(-c2cc(F)cc(C(=O)N3CCC(C(=NC)c4cc(F)cc(F)c4)=C(N)C3C)c2Cl)c[nH]1. The van der Waals surface area contributed by atoms with Gasteiger partial charge in [-0.1, -0.05) is 17.5 Å². The zero-order chi connectivity index (χ0) is 26.1. The van der Waals surface area contributed by atoms with E-state index < -0.39 is 29.4 Å². The van der Waals surface area contributed by atoms with Crippen LogP contribution in [-0.2, 0) is 0 Å². The van der Waals surface area contributed by atoms with E-state index in [1.807, 2.05) is 0 Å². The summed E-state index contributed by atoms with van der Waals surface area (Å²) >= 11 is 6.56. The predicted molar refractivity (Wildman–Crippen MR) is 134 cm³/mol. The molecular weight excluding hydrogens is 489 g/mol. The van der Waals surface area contributed by atoms with Crippen LogP contribution in [0.5, 0.6) is 0 Å². The van der Waals surface area contributed by atoms with Gasteiger partial charge in [-0.15, -0.1) is 6.42 Å². The van der Waals surface area contributed by atoms with E-state index in [1.165, 1.54) is 30.1 Å². The third-order valence-corrected chi connectivity index (χ3v) is 6.60. The number of aliphatic imine (C=N–C) groups is 1. The molecule has 0 aliphatic carbocycles. The average Bonchev–Trinajstić information content (AvgIpc) is 3.32. The zero-order valence-electron chi connectivity index (χ0n) is 19.5. The number of terminal acetylenes is 1. The second-order valence-electron chi connectivity index (χ2n) is 8.35. The second kappa shape index (κ2) is 9.96. The number of benzene rings is 2. The van der Waals surface area contributed by atoms with Crippen molar-refractivity contribution in [2.75, 3.05) is 13.6 Å². The summed E-state index contributed by atoms with van der Waals surface area (Å²) in [5, 5.41) is 0.0792. The Morgan fingerprint density at radius 2 is 1.83 bits per heavy atom. The van der Waals surface area contributed by atoms with Gasteiger partial charge in [0.25, 0.3) is 5.91 Å². The molecule has 0 bridgehead atoms. The normalized spacial score (nSPS) is 16.3. The maximum atomic E-state index is 14.6. The van der Waals surface area contributed by atoms with Gasteiger partial charge in [-0.3, -0.25) is 9.79 Å². The number of hydrogen-bond donors (Lipinski definition) is 2. The molecule has 1 unspecified atom stereocenters. The maximum Gasteiger partial charge on any atom is 0.256 e. The van der Waals surface area contributed by atoms with Crippen molar-refractivity contribution in [2.45, 2.75) is 19.4 Å². The van der Waals surface area contributed by atoms with Crippen LogP contribution in [0, 0.1) is 29.8 Å². The van der Waals surface area contributed by atoms with Gasteiger partial charge in [0, 0.05) is 53.8 Å². The summed E-state index contributed by atoms with van der Waals surface area (Å²) in [6.07, 6.45) is 7.26. The van der Waals surface area contributed by atoms with Crippen LogP contribution in [0.4, 0.5) is 13.2 Å². The van der Waals surface area contributed by atoms with Crippen molar-refractivity contribution in [2.24, 2.45) is 10.7 Å². The van der Waals surface area contributed by atoms with Crippen molar-refractivity contribution in [1.29, 1.82) is 0 Å². The lowest BCUT2D eigenvalue weighted by Crippen LogP contribution is -2.46. The third kappa shape index (κ3) is 4.62. The van der Waals surface area contributed by atoms with Gasteiger partial charge in [0.05, 0.1) is 28.0 Å². The van der Waals surface area contributed by atoms with Gasteiger partial charge in [0.15, 0.2) is 0 Å². The molecule has 36 heavy (non-hydrogen) atoms. The molecule has 2 heterocycles. The molecule has 3 N–H and O–H groups in total. The Morgan fingerprint density at radius 1 is 1.17 bits per heavy atom. The first-order valence-electron chi connectivity index (χ1n) is 11.0. The summed E-state index contributed by atoms with van der Waals surface area (Å²) in [6.45, 7) is 1.92. The molecule has 0 saturated carbocycles. The van der Waals surface area contributed by atoms with Crippen LogP contribution in [0.1, 0.15) is 35.0 Å². The Kier molecular flexibility index (Phi) is 6.95. The van der Waals surface area contributed by atoms with E-state index in [0.29, 0.717) is 33.8 Å². The summed E-state index contributed by atoms with van der Waals surface area (Å²) in [4.78, 5) is 22.1. The highest BCUT2D eigenvalue weighted by Crippen LogP contribution is 2.34. The summed E-state index contributed by atoms with van der Waals surface area (Å²) in [7, 11) is 1.50. The Bertz CT molecular complexity index is 1450. The molecule has 0 fully saturated rings. The van der Waals surface area contributed by atoms with Crippen molar-refractivity contribution in [3.05, 3.63) is 93.2 Å². The molecule has 1 aromatic heterocycles. The Morgan fingerprint density at radius 3 is 2.44 bits per heavy atom. The molecule has 0 saturated heterocycles. The highest BCUT2D eigenvalue weighted by atomic mass is 35.5. The summed E-state index contributed by atoms with van der Waals surface area (Å²) in [5.41, 5.74) is 9.23. The number of carbonyl (C=O) groups excluding carboxylic acids is 1. The first-order chi connectivity index (χ1) is 17.1. The minimum absolute atomic E-state index is 0.0187. The zero-order valence-corrected chi connectivity index (χ0v) is 20.3. The first kappa shape index (κ1) is 25.1. The van der Waals surface area contributed by atoms with E-state index in [2.05, 4.69) is 15.9 Å². The number of amides is 1. The highest BCUT2D eigenvalue weighted by molar-refractivity contribution is 6.36. The smallest absolute Gasteiger partial charge is 0.256 e. The molecule has 0 spiro atoms. The third-order valence-electron chi connectivity index (χ3n) is 6.19. The van der Waals surface area contributed by atoms with Gasteiger partial charge in [0.2, 0.25) is 0 Å². The van der Waals surface area contributed by atoms with Crippen molar-refractivity contribution in [3.63, 3.8) is 0 Å². The molecule has 1 atom stereocenters. The van der Waals surface area contributed by atoms with Crippen molar-refractivity contribution >= 4 is 23.2 Å². The molecule has 4 rings (SSSR count). The molecule has 2 aromatic carbocycles. The molecule has 5 nitrogen and oxygen atoms in total. The number of halogens is 4. The second-order valence-corrected chi connectivity index (χ2v) is 8.73. The van der Waals surface area contributed by atoms with Crippen LogP contribution < -0.4 is 5.73 Å². The molecule has 9 heteroatoms. The lowest BCUT2D eigenvalue weighted by atomic mass is 9.91. The number of nitrogens with one attached hydrogen (secondary N) is 1. The van der Waals surface area contributed by atoms with Crippen LogP contribution in [0.3, 0.4) is 0 Å². The highest BCUT2D eigenvalue weighted by Gasteiger charge is 2.32. The number of H-pyrrole nitrogens is 1. The van der Waals surface area contributed by atoms with Crippen molar-refractivity contribution in [3.8, 4) is 23.5 Å². The van der Waals surface area contributed by atoms with Crippen molar-refractivity contribution in [1.82, 2.24) is 9.88 Å². The van der Waals surface area contributed by atoms with Crippen LogP contribution in [0.25, 0.3) is 11.1 Å². The monoisotopic (exact) mass is 510 g/mol. The minimum Gasteiger partial charge on any atom is -0.400 e. The van der Waals surface area contributed by atoms with Gasteiger partial charge >= 0.3 is 0 Å². The predicted octanol–water partition coefficient (Wildman–Crippen LogP) is 5.30. The largest absolute Gasteiger partial charge is 0.400 e. The standard InChI is InChI=1S/C27H22ClF3N4O/c1-4-20-9-16(13-34-20)22-11-19(31)12-23(24(22)28)27(36)35-6-5-21(25(32)14(35)2)26(33-3)15-7-17(29)10-18(30)8-15/h1,7-14,34H,5-6,32H2,2-3H3. The van der Waals surface area contributed by atoms with E-state index >= 15 is 0 Å². The fourth-order valence-corrected chi connectivity index (χ4v) is 4.69. The molecule has 1 amide bonds. The minimum atomic E-state index is -0.737. The first-order valence-corrected chi connectivity index (χ1v) is 11.4. The fourth-order valence-electron chi connectivity index (χ4n) is 4.39. The summed E-state index contributed by atoms with van der Waals surface area (Å²) < 4.78 is 42.2. The van der Waals surface area contributed by atoms with Crippen molar-refractivity contribution < 1.29 is 18.0 Å². The summed E-state index contributed by atoms with van der Waals surface area (Å²) in [5.74, 6) is -0.165. The number of aromatic nitrogens is 1. The number of rotatable bonds is 4. The van der Waals surface area contributed by atoms with Crippen LogP contribution in [-0.4, -0.2) is 41.1 Å². The Labute approximate surface area is 211 Å². The lowest BCUT2D eigenvalue weighted by Gasteiger charge is -2.36. The molecule has 184 valence electrons.